The lowest BCUT2D eigenvalue weighted by atomic mass is 10.2. The maximum Gasteiger partial charge on any atom is 0.227 e. The summed E-state index contributed by atoms with van der Waals surface area (Å²) in [6.07, 6.45) is 4.39. The number of methoxy groups -OCH3 is 2. The summed E-state index contributed by atoms with van der Waals surface area (Å²) >= 11 is 0. The number of hydrogen-bond acceptors (Lipinski definition) is 8. The molecule has 2 heterocycles. The highest BCUT2D eigenvalue weighted by molar-refractivity contribution is 5.64. The Bertz CT molecular complexity index is 1210. The van der Waals surface area contributed by atoms with Crippen LogP contribution < -0.4 is 20.1 Å². The van der Waals surface area contributed by atoms with Crippen LogP contribution in [-0.4, -0.2) is 60.5 Å². The normalized spacial score (nSPS) is 10.8. The van der Waals surface area contributed by atoms with E-state index in [1.165, 1.54) is 0 Å². The van der Waals surface area contributed by atoms with Gasteiger partial charge in [0, 0.05) is 37.2 Å². The minimum Gasteiger partial charge on any atom is -0.497 e. The fourth-order valence-corrected chi connectivity index (χ4v) is 3.42. The van der Waals surface area contributed by atoms with Gasteiger partial charge in [0.15, 0.2) is 0 Å². The van der Waals surface area contributed by atoms with Crippen molar-refractivity contribution in [2.75, 3.05) is 45.8 Å². The molecule has 3 N–H and O–H groups in total. The Hall–Kier alpha value is -3.95. The molecule has 0 bridgehead atoms. The second-order valence-electron chi connectivity index (χ2n) is 7.74. The van der Waals surface area contributed by atoms with Crippen molar-refractivity contribution in [2.24, 2.45) is 0 Å². The third-order valence-corrected chi connectivity index (χ3v) is 5.19. The summed E-state index contributed by atoms with van der Waals surface area (Å²) in [6, 6.07) is 17.3. The van der Waals surface area contributed by atoms with E-state index in [0.717, 1.165) is 59.5 Å². The van der Waals surface area contributed by atoms with Crippen LogP contribution in [0.1, 0.15) is 6.42 Å². The van der Waals surface area contributed by atoms with Crippen LogP contribution in [0.2, 0.25) is 0 Å². The molecule has 0 amide bonds. The summed E-state index contributed by atoms with van der Waals surface area (Å²) in [6.45, 7) is 3.07. The van der Waals surface area contributed by atoms with Crippen molar-refractivity contribution in [3.63, 3.8) is 0 Å². The zero-order chi connectivity index (χ0) is 24.3. The van der Waals surface area contributed by atoms with Gasteiger partial charge in [-0.2, -0.15) is 0 Å². The molecule has 0 spiro atoms. The van der Waals surface area contributed by atoms with Crippen LogP contribution in [0.15, 0.2) is 67.0 Å². The molecule has 182 valence electrons. The minimum atomic E-state index is 0.486. The van der Waals surface area contributed by atoms with E-state index in [4.69, 9.17) is 14.2 Å². The SMILES string of the molecule is COCCNCCCOc1cccc(Nc2nccc(-c3cnc(-c4cccc(OC)c4)[nH]3)n2)c1. The summed E-state index contributed by atoms with van der Waals surface area (Å²) in [5.74, 6) is 2.80. The fraction of sp³-hybridized carbons (Fsp3) is 0.269. The van der Waals surface area contributed by atoms with E-state index in [9.17, 15) is 0 Å². The summed E-state index contributed by atoms with van der Waals surface area (Å²) in [5.41, 5.74) is 3.31. The Morgan fingerprint density at radius 2 is 1.80 bits per heavy atom. The van der Waals surface area contributed by atoms with Gasteiger partial charge in [-0.05, 0) is 43.3 Å². The lowest BCUT2D eigenvalue weighted by molar-refractivity contribution is 0.198. The van der Waals surface area contributed by atoms with Crippen molar-refractivity contribution < 1.29 is 14.2 Å². The number of ether oxygens (including phenoxy) is 3. The van der Waals surface area contributed by atoms with E-state index >= 15 is 0 Å². The van der Waals surface area contributed by atoms with Crippen molar-refractivity contribution in [1.29, 1.82) is 0 Å². The molecule has 35 heavy (non-hydrogen) atoms. The van der Waals surface area contributed by atoms with Gasteiger partial charge in [0.25, 0.3) is 0 Å². The molecule has 2 aromatic carbocycles. The summed E-state index contributed by atoms with van der Waals surface area (Å²) in [4.78, 5) is 16.8. The minimum absolute atomic E-state index is 0.486. The van der Waals surface area contributed by atoms with Gasteiger partial charge in [-0.15, -0.1) is 0 Å². The first-order valence-electron chi connectivity index (χ1n) is 11.5. The van der Waals surface area contributed by atoms with E-state index < -0.39 is 0 Å². The number of aromatic nitrogens is 4. The first-order valence-corrected chi connectivity index (χ1v) is 11.5. The molecule has 0 aliphatic rings. The summed E-state index contributed by atoms with van der Waals surface area (Å²) in [5, 5.41) is 6.56. The Morgan fingerprint density at radius 1 is 0.914 bits per heavy atom. The van der Waals surface area contributed by atoms with Crippen molar-refractivity contribution >= 4 is 11.6 Å². The largest absolute Gasteiger partial charge is 0.497 e. The number of H-pyrrole nitrogens is 1. The predicted molar refractivity (Wildman–Crippen MR) is 136 cm³/mol. The maximum atomic E-state index is 5.87. The van der Waals surface area contributed by atoms with Crippen molar-refractivity contribution in [3.8, 4) is 34.3 Å². The molecule has 0 fully saturated rings. The molecular formula is C26H30N6O3. The maximum absolute atomic E-state index is 5.87. The summed E-state index contributed by atoms with van der Waals surface area (Å²) in [7, 11) is 3.34. The molecule has 9 nitrogen and oxygen atoms in total. The average molecular weight is 475 g/mol. The molecule has 0 saturated carbocycles. The molecule has 2 aromatic heterocycles. The number of rotatable bonds is 13. The van der Waals surface area contributed by atoms with E-state index in [2.05, 4.69) is 30.6 Å². The molecule has 0 unspecified atom stereocenters. The monoisotopic (exact) mass is 474 g/mol. The first kappa shape index (κ1) is 24.2. The molecule has 0 aliphatic carbocycles. The van der Waals surface area contributed by atoms with Gasteiger partial charge < -0.3 is 29.8 Å². The van der Waals surface area contributed by atoms with Crippen molar-refractivity contribution in [2.45, 2.75) is 6.42 Å². The molecule has 0 aliphatic heterocycles. The molecule has 0 atom stereocenters. The Labute approximate surface area is 204 Å². The van der Waals surface area contributed by atoms with Gasteiger partial charge in [0.2, 0.25) is 5.95 Å². The van der Waals surface area contributed by atoms with Crippen LogP contribution >= 0.6 is 0 Å². The van der Waals surface area contributed by atoms with Crippen LogP contribution in [0.25, 0.3) is 22.8 Å². The Morgan fingerprint density at radius 3 is 2.69 bits per heavy atom. The Kier molecular flexibility index (Phi) is 8.63. The number of nitrogens with one attached hydrogen (secondary N) is 3. The number of hydrogen-bond donors (Lipinski definition) is 3. The highest BCUT2D eigenvalue weighted by atomic mass is 16.5. The number of aromatic amines is 1. The van der Waals surface area contributed by atoms with Gasteiger partial charge in [0.05, 0.1) is 37.9 Å². The van der Waals surface area contributed by atoms with Gasteiger partial charge in [0.1, 0.15) is 17.3 Å². The highest BCUT2D eigenvalue weighted by Gasteiger charge is 2.09. The van der Waals surface area contributed by atoms with Crippen LogP contribution in [-0.2, 0) is 4.74 Å². The zero-order valence-corrected chi connectivity index (χ0v) is 20.0. The van der Waals surface area contributed by atoms with Gasteiger partial charge in [-0.3, -0.25) is 0 Å². The van der Waals surface area contributed by atoms with Crippen molar-refractivity contribution in [1.82, 2.24) is 25.3 Å². The highest BCUT2D eigenvalue weighted by Crippen LogP contribution is 2.25. The van der Waals surface area contributed by atoms with E-state index in [0.29, 0.717) is 19.2 Å². The van der Waals surface area contributed by atoms with Crippen LogP contribution in [0.5, 0.6) is 11.5 Å². The second-order valence-corrected chi connectivity index (χ2v) is 7.74. The van der Waals surface area contributed by atoms with Crippen LogP contribution in [0, 0.1) is 0 Å². The molecule has 9 heteroatoms. The first-order chi connectivity index (χ1) is 17.2. The molecule has 0 saturated heterocycles. The van der Waals surface area contributed by atoms with E-state index in [1.807, 2.05) is 54.6 Å². The van der Waals surface area contributed by atoms with E-state index in [1.54, 1.807) is 26.6 Å². The quantitative estimate of drug-likeness (QED) is 0.247. The van der Waals surface area contributed by atoms with Crippen LogP contribution in [0.3, 0.4) is 0 Å². The predicted octanol–water partition coefficient (Wildman–Crippen LogP) is 4.29. The second kappa shape index (κ2) is 12.5. The topological polar surface area (TPSA) is 106 Å². The fourth-order valence-electron chi connectivity index (χ4n) is 3.42. The lowest BCUT2D eigenvalue weighted by Gasteiger charge is -2.10. The zero-order valence-electron chi connectivity index (χ0n) is 20.0. The average Bonchev–Trinajstić information content (AvgIpc) is 3.39. The molecule has 4 rings (SSSR count). The smallest absolute Gasteiger partial charge is 0.227 e. The molecule has 0 radical (unpaired) electrons. The van der Waals surface area contributed by atoms with Gasteiger partial charge in [-0.1, -0.05) is 18.2 Å². The third-order valence-electron chi connectivity index (χ3n) is 5.19. The molecular weight excluding hydrogens is 444 g/mol. The van der Waals surface area contributed by atoms with Gasteiger partial charge in [-0.25, -0.2) is 15.0 Å². The van der Waals surface area contributed by atoms with Crippen molar-refractivity contribution in [3.05, 3.63) is 67.0 Å². The third kappa shape index (κ3) is 7.02. The summed E-state index contributed by atoms with van der Waals surface area (Å²) < 4.78 is 16.2. The molecule has 4 aromatic rings. The Balaban J connectivity index is 1.37. The number of anilines is 2. The van der Waals surface area contributed by atoms with Gasteiger partial charge >= 0.3 is 0 Å². The number of nitrogens with zero attached hydrogens (tertiary/aromatic N) is 3. The standard InChI is InChI=1S/C26H30N6O3/c1-33-15-13-27-11-5-14-35-22-9-4-7-20(17-22)30-26-28-12-10-23(32-26)24-18-29-25(31-24)19-6-3-8-21(16-19)34-2/h3-4,6-10,12,16-18,27H,5,11,13-15H2,1-2H3,(H,29,31)(H,28,30,32). The van der Waals surface area contributed by atoms with E-state index in [-0.39, 0.29) is 0 Å². The number of benzene rings is 2. The number of imidazole rings is 1. The lowest BCUT2D eigenvalue weighted by Crippen LogP contribution is -2.21. The van der Waals surface area contributed by atoms with Crippen LogP contribution in [0.4, 0.5) is 11.6 Å².